The summed E-state index contributed by atoms with van der Waals surface area (Å²) in [5.74, 6) is 0.808. The van der Waals surface area contributed by atoms with Crippen LogP contribution in [0, 0.1) is 5.92 Å². The first kappa shape index (κ1) is 11.6. The van der Waals surface area contributed by atoms with Crippen LogP contribution in [0.5, 0.6) is 0 Å². The third kappa shape index (κ3) is 2.13. The van der Waals surface area contributed by atoms with Crippen LogP contribution in [0.15, 0.2) is 0 Å². The van der Waals surface area contributed by atoms with E-state index in [1.54, 1.807) is 0 Å². The Morgan fingerprint density at radius 1 is 1.31 bits per heavy atom. The van der Waals surface area contributed by atoms with Crippen molar-refractivity contribution >= 4 is 11.7 Å². The third-order valence-electron chi connectivity index (χ3n) is 3.95. The van der Waals surface area contributed by atoms with Crippen LogP contribution in [-0.2, 0) is 9.59 Å². The van der Waals surface area contributed by atoms with Crippen LogP contribution in [0.25, 0.3) is 0 Å². The Labute approximate surface area is 97.2 Å². The molecule has 0 bridgehead atoms. The fraction of sp³-hybridized carbons (Fsp3) is 0.846. The normalized spacial score (nSPS) is 26.1. The van der Waals surface area contributed by atoms with E-state index in [-0.39, 0.29) is 17.4 Å². The van der Waals surface area contributed by atoms with E-state index in [0.29, 0.717) is 25.2 Å². The number of likely N-dealkylation sites (tertiary alicyclic amines) is 1. The number of hydrogen-bond acceptors (Lipinski definition) is 2. The Morgan fingerprint density at radius 2 is 1.94 bits per heavy atom. The zero-order chi connectivity index (χ0) is 11.8. The first-order chi connectivity index (χ1) is 7.50. The summed E-state index contributed by atoms with van der Waals surface area (Å²) in [7, 11) is 0. The molecule has 0 aromatic carbocycles. The molecule has 0 N–H and O–H groups in total. The van der Waals surface area contributed by atoms with Gasteiger partial charge in [-0.15, -0.1) is 0 Å². The topological polar surface area (TPSA) is 37.4 Å². The number of carbonyl (C=O) groups is 2. The summed E-state index contributed by atoms with van der Waals surface area (Å²) in [4.78, 5) is 25.7. The molecule has 1 aliphatic carbocycles. The molecular weight excluding hydrogens is 202 g/mol. The van der Waals surface area contributed by atoms with E-state index in [2.05, 4.69) is 0 Å². The van der Waals surface area contributed by atoms with Crippen LogP contribution in [0.3, 0.4) is 0 Å². The predicted molar refractivity (Wildman–Crippen MR) is 62.0 cm³/mol. The first-order valence-corrected chi connectivity index (χ1v) is 6.34. The second-order valence-corrected chi connectivity index (χ2v) is 5.75. The largest absolute Gasteiger partial charge is 0.336 e. The number of piperidine rings is 1. The smallest absolute Gasteiger partial charge is 0.226 e. The lowest BCUT2D eigenvalue weighted by Gasteiger charge is -2.43. The molecule has 2 aliphatic rings. The summed E-state index contributed by atoms with van der Waals surface area (Å²) in [5, 5.41) is 0. The van der Waals surface area contributed by atoms with Gasteiger partial charge in [-0.1, -0.05) is 12.8 Å². The van der Waals surface area contributed by atoms with E-state index >= 15 is 0 Å². The molecule has 90 valence electrons. The van der Waals surface area contributed by atoms with Gasteiger partial charge in [-0.3, -0.25) is 9.59 Å². The van der Waals surface area contributed by atoms with Gasteiger partial charge in [0.05, 0.1) is 0 Å². The number of ketones is 1. The van der Waals surface area contributed by atoms with Gasteiger partial charge in [0, 0.05) is 30.8 Å². The Kier molecular flexibility index (Phi) is 3.04. The van der Waals surface area contributed by atoms with Gasteiger partial charge in [-0.25, -0.2) is 0 Å². The van der Waals surface area contributed by atoms with Crippen molar-refractivity contribution < 1.29 is 9.59 Å². The predicted octanol–water partition coefficient (Wildman–Crippen LogP) is 2.15. The standard InChI is InChI=1S/C13H21NO2/c1-13(2)9-11(15)7-8-14(13)12(16)10-5-3-4-6-10/h10H,3-9H2,1-2H3. The molecule has 0 atom stereocenters. The maximum Gasteiger partial charge on any atom is 0.226 e. The molecule has 1 saturated heterocycles. The fourth-order valence-electron chi connectivity index (χ4n) is 3.01. The first-order valence-electron chi connectivity index (χ1n) is 6.34. The lowest BCUT2D eigenvalue weighted by atomic mass is 9.88. The highest BCUT2D eigenvalue weighted by molar-refractivity contribution is 5.86. The highest BCUT2D eigenvalue weighted by Gasteiger charge is 2.39. The van der Waals surface area contributed by atoms with Gasteiger partial charge in [0.1, 0.15) is 5.78 Å². The lowest BCUT2D eigenvalue weighted by Crippen LogP contribution is -2.54. The van der Waals surface area contributed by atoms with E-state index in [9.17, 15) is 9.59 Å². The highest BCUT2D eigenvalue weighted by atomic mass is 16.2. The number of Topliss-reactive ketones (excluding diaryl/α,β-unsaturated/α-hetero) is 1. The van der Waals surface area contributed by atoms with Crippen molar-refractivity contribution in [2.24, 2.45) is 5.92 Å². The summed E-state index contributed by atoms with van der Waals surface area (Å²) in [6.45, 7) is 4.65. The van der Waals surface area contributed by atoms with E-state index in [4.69, 9.17) is 0 Å². The van der Waals surface area contributed by atoms with Crippen molar-refractivity contribution in [2.75, 3.05) is 6.54 Å². The van der Waals surface area contributed by atoms with E-state index in [1.807, 2.05) is 18.7 Å². The molecule has 3 nitrogen and oxygen atoms in total. The van der Waals surface area contributed by atoms with Gasteiger partial charge >= 0.3 is 0 Å². The van der Waals surface area contributed by atoms with Crippen LogP contribution < -0.4 is 0 Å². The average molecular weight is 223 g/mol. The third-order valence-corrected chi connectivity index (χ3v) is 3.95. The van der Waals surface area contributed by atoms with E-state index < -0.39 is 0 Å². The molecule has 16 heavy (non-hydrogen) atoms. The van der Waals surface area contributed by atoms with E-state index in [1.165, 1.54) is 12.8 Å². The Hall–Kier alpha value is -0.860. The Morgan fingerprint density at radius 3 is 2.50 bits per heavy atom. The Balaban J connectivity index is 2.07. The highest BCUT2D eigenvalue weighted by Crippen LogP contribution is 2.32. The molecule has 1 heterocycles. The molecule has 2 fully saturated rings. The zero-order valence-electron chi connectivity index (χ0n) is 10.3. The molecule has 1 saturated carbocycles. The molecule has 0 aromatic heterocycles. The molecule has 1 aliphatic heterocycles. The molecule has 0 radical (unpaired) electrons. The molecule has 0 unspecified atom stereocenters. The van der Waals surface area contributed by atoms with Crippen LogP contribution in [0.2, 0.25) is 0 Å². The summed E-state index contributed by atoms with van der Waals surface area (Å²) in [6, 6.07) is 0. The maximum atomic E-state index is 12.3. The van der Waals surface area contributed by atoms with Crippen molar-refractivity contribution in [3.8, 4) is 0 Å². The Bertz CT molecular complexity index is 303. The van der Waals surface area contributed by atoms with Crippen molar-refractivity contribution in [1.82, 2.24) is 4.90 Å². The van der Waals surface area contributed by atoms with Crippen molar-refractivity contribution in [3.63, 3.8) is 0 Å². The minimum absolute atomic E-state index is 0.229. The van der Waals surface area contributed by atoms with Gasteiger partial charge in [0.25, 0.3) is 0 Å². The second-order valence-electron chi connectivity index (χ2n) is 5.75. The van der Waals surface area contributed by atoms with Crippen LogP contribution >= 0.6 is 0 Å². The SMILES string of the molecule is CC1(C)CC(=O)CCN1C(=O)C1CCCC1. The summed E-state index contributed by atoms with van der Waals surface area (Å²) >= 11 is 0. The van der Waals surface area contributed by atoms with Gasteiger partial charge in [-0.05, 0) is 26.7 Å². The van der Waals surface area contributed by atoms with Gasteiger partial charge < -0.3 is 4.90 Å². The average Bonchev–Trinajstić information content (AvgIpc) is 2.67. The summed E-state index contributed by atoms with van der Waals surface area (Å²) < 4.78 is 0. The fourth-order valence-corrected chi connectivity index (χ4v) is 3.01. The van der Waals surface area contributed by atoms with Crippen LogP contribution in [-0.4, -0.2) is 28.7 Å². The molecule has 1 amide bonds. The van der Waals surface area contributed by atoms with Crippen molar-refractivity contribution in [3.05, 3.63) is 0 Å². The molecule has 2 rings (SSSR count). The number of amides is 1. The van der Waals surface area contributed by atoms with Gasteiger partial charge in [0.15, 0.2) is 0 Å². The van der Waals surface area contributed by atoms with Crippen molar-refractivity contribution in [2.45, 2.75) is 57.9 Å². The number of carbonyl (C=O) groups excluding carboxylic acids is 2. The maximum absolute atomic E-state index is 12.3. The number of hydrogen-bond donors (Lipinski definition) is 0. The summed E-state index contributed by atoms with van der Waals surface area (Å²) in [5.41, 5.74) is -0.269. The van der Waals surface area contributed by atoms with Crippen LogP contribution in [0.1, 0.15) is 52.4 Å². The molecular formula is C13H21NO2. The number of nitrogens with zero attached hydrogens (tertiary/aromatic N) is 1. The van der Waals surface area contributed by atoms with E-state index in [0.717, 1.165) is 12.8 Å². The lowest BCUT2D eigenvalue weighted by molar-refractivity contribution is -0.145. The second kappa shape index (κ2) is 4.19. The number of rotatable bonds is 1. The zero-order valence-corrected chi connectivity index (χ0v) is 10.3. The van der Waals surface area contributed by atoms with Gasteiger partial charge in [0.2, 0.25) is 5.91 Å². The molecule has 0 spiro atoms. The minimum Gasteiger partial charge on any atom is -0.336 e. The quantitative estimate of drug-likeness (QED) is 0.683. The monoisotopic (exact) mass is 223 g/mol. The van der Waals surface area contributed by atoms with Crippen LogP contribution in [0.4, 0.5) is 0 Å². The summed E-state index contributed by atoms with van der Waals surface area (Å²) in [6.07, 6.45) is 5.51. The van der Waals surface area contributed by atoms with Crippen molar-refractivity contribution in [1.29, 1.82) is 0 Å². The molecule has 3 heteroatoms. The minimum atomic E-state index is -0.269. The van der Waals surface area contributed by atoms with Gasteiger partial charge in [-0.2, -0.15) is 0 Å². The molecule has 0 aromatic rings.